The summed E-state index contributed by atoms with van der Waals surface area (Å²) in [5.74, 6) is -0.793. The van der Waals surface area contributed by atoms with Crippen LogP contribution in [0.3, 0.4) is 0 Å². The van der Waals surface area contributed by atoms with Crippen molar-refractivity contribution in [1.29, 1.82) is 0 Å². The van der Waals surface area contributed by atoms with Gasteiger partial charge < -0.3 is 15.4 Å². The Morgan fingerprint density at radius 1 is 1.08 bits per heavy atom. The van der Waals surface area contributed by atoms with Crippen molar-refractivity contribution in [1.82, 2.24) is 10.2 Å². The zero-order valence-electron chi connectivity index (χ0n) is 16.2. The topological polar surface area (TPSA) is 87.7 Å². The zero-order valence-corrected chi connectivity index (χ0v) is 17.0. The van der Waals surface area contributed by atoms with Gasteiger partial charge in [-0.2, -0.15) is 0 Å². The van der Waals surface area contributed by atoms with E-state index in [2.05, 4.69) is 10.6 Å². The van der Waals surface area contributed by atoms with E-state index in [1.807, 2.05) is 27.7 Å². The third-order valence-corrected chi connectivity index (χ3v) is 4.91. The average molecular weight is 384 g/mol. The van der Waals surface area contributed by atoms with Crippen LogP contribution in [0.15, 0.2) is 0 Å². The Hall–Kier alpha value is -1.93. The van der Waals surface area contributed by atoms with E-state index in [0.717, 1.165) is 10.4 Å². The second-order valence-electron chi connectivity index (χ2n) is 5.72. The number of ether oxygens (including phenoxy) is 1. The molecule has 8 heteroatoms. The van der Waals surface area contributed by atoms with Gasteiger partial charge in [0.15, 0.2) is 0 Å². The highest BCUT2D eigenvalue weighted by Crippen LogP contribution is 2.34. The first-order chi connectivity index (χ1) is 12.4. The van der Waals surface area contributed by atoms with Crippen LogP contribution in [0.2, 0.25) is 0 Å². The molecule has 0 saturated heterocycles. The molecule has 7 nitrogen and oxygen atoms in total. The Kier molecular flexibility index (Phi) is 9.29. The zero-order chi connectivity index (χ0) is 19.7. The van der Waals surface area contributed by atoms with Crippen LogP contribution in [0, 0.1) is 6.92 Å². The summed E-state index contributed by atoms with van der Waals surface area (Å²) >= 11 is 1.37. The highest BCUT2D eigenvalue weighted by Gasteiger charge is 2.24. The molecule has 0 aliphatic heterocycles. The quantitative estimate of drug-likeness (QED) is 0.605. The van der Waals surface area contributed by atoms with Gasteiger partial charge in [-0.1, -0.05) is 13.8 Å². The number of carbonyl (C=O) groups is 3. The molecule has 146 valence electrons. The van der Waals surface area contributed by atoms with Gasteiger partial charge in [0, 0.05) is 11.4 Å². The molecular formula is C18H29N3O4S. The van der Waals surface area contributed by atoms with Crippen molar-refractivity contribution < 1.29 is 19.1 Å². The smallest absolute Gasteiger partial charge is 0.341 e. The fourth-order valence-corrected chi connectivity index (χ4v) is 3.77. The number of likely N-dealkylation sites (N-methyl/N-ethyl adjacent to an activating group) is 2. The van der Waals surface area contributed by atoms with Crippen molar-refractivity contribution in [3.05, 3.63) is 16.0 Å². The molecule has 0 atom stereocenters. The number of hydrogen-bond donors (Lipinski definition) is 2. The molecule has 26 heavy (non-hydrogen) atoms. The maximum Gasteiger partial charge on any atom is 0.341 e. The van der Waals surface area contributed by atoms with E-state index in [1.165, 1.54) is 11.3 Å². The summed E-state index contributed by atoms with van der Waals surface area (Å²) in [6.45, 7) is 11.0. The van der Waals surface area contributed by atoms with Crippen LogP contribution in [0.5, 0.6) is 0 Å². The predicted octanol–water partition coefficient (Wildman–Crippen LogP) is 2.19. The van der Waals surface area contributed by atoms with Crippen LogP contribution < -0.4 is 10.6 Å². The average Bonchev–Trinajstić information content (AvgIpc) is 2.89. The number of nitrogens with zero attached hydrogens (tertiary/aromatic N) is 1. The fourth-order valence-electron chi connectivity index (χ4n) is 2.62. The lowest BCUT2D eigenvalue weighted by atomic mass is 10.1. The van der Waals surface area contributed by atoms with Gasteiger partial charge in [0.1, 0.15) is 5.00 Å². The second kappa shape index (κ2) is 10.9. The normalized spacial score (nSPS) is 10.7. The van der Waals surface area contributed by atoms with Crippen molar-refractivity contribution in [3.8, 4) is 0 Å². The molecule has 0 radical (unpaired) electrons. The van der Waals surface area contributed by atoms with Crippen LogP contribution in [0.25, 0.3) is 0 Å². The van der Waals surface area contributed by atoms with Gasteiger partial charge in [-0.15, -0.1) is 11.3 Å². The molecule has 0 aliphatic carbocycles. The van der Waals surface area contributed by atoms with Crippen molar-refractivity contribution in [3.63, 3.8) is 0 Å². The second-order valence-corrected chi connectivity index (χ2v) is 6.94. The number of thiophene rings is 1. The van der Waals surface area contributed by atoms with Crippen molar-refractivity contribution in [2.45, 2.75) is 41.0 Å². The van der Waals surface area contributed by atoms with Crippen LogP contribution in [0.1, 0.15) is 48.5 Å². The molecule has 1 aromatic heterocycles. The summed E-state index contributed by atoms with van der Waals surface area (Å²) in [6.07, 6.45) is 0.685. The molecule has 0 unspecified atom stereocenters. The third kappa shape index (κ3) is 6.10. The summed E-state index contributed by atoms with van der Waals surface area (Å²) in [5, 5.41) is 6.05. The van der Waals surface area contributed by atoms with Gasteiger partial charge >= 0.3 is 5.97 Å². The first kappa shape index (κ1) is 22.1. The highest BCUT2D eigenvalue weighted by molar-refractivity contribution is 7.16. The summed E-state index contributed by atoms with van der Waals surface area (Å²) < 4.78 is 5.14. The van der Waals surface area contributed by atoms with Crippen molar-refractivity contribution in [2.75, 3.05) is 38.1 Å². The number of rotatable bonds is 10. The molecule has 0 aromatic carbocycles. The van der Waals surface area contributed by atoms with E-state index in [-0.39, 0.29) is 31.5 Å². The first-order valence-electron chi connectivity index (χ1n) is 8.95. The largest absolute Gasteiger partial charge is 0.462 e. The third-order valence-electron chi connectivity index (χ3n) is 3.85. The molecule has 0 fully saturated rings. The molecule has 2 amide bonds. The van der Waals surface area contributed by atoms with E-state index in [1.54, 1.807) is 11.8 Å². The predicted molar refractivity (Wildman–Crippen MR) is 104 cm³/mol. The lowest BCUT2D eigenvalue weighted by molar-refractivity contribution is -0.123. The monoisotopic (exact) mass is 383 g/mol. The van der Waals surface area contributed by atoms with Gasteiger partial charge in [0.25, 0.3) is 0 Å². The number of esters is 1. The number of carbonyl (C=O) groups excluding carboxylic acids is 3. The van der Waals surface area contributed by atoms with Crippen LogP contribution in [-0.4, -0.2) is 55.5 Å². The number of hydrogen-bond acceptors (Lipinski definition) is 6. The SMILES string of the molecule is CCNC(=O)CN(CC)CC(=O)Nc1sc(C)c(CC)c1C(=O)OCC. The molecule has 0 spiro atoms. The molecule has 1 heterocycles. The lowest BCUT2D eigenvalue weighted by Crippen LogP contribution is -2.41. The number of amides is 2. The summed E-state index contributed by atoms with van der Waals surface area (Å²) in [5.41, 5.74) is 1.34. The minimum atomic E-state index is -0.418. The summed E-state index contributed by atoms with van der Waals surface area (Å²) in [6, 6.07) is 0. The van der Waals surface area contributed by atoms with E-state index in [0.29, 0.717) is 30.1 Å². The maximum atomic E-state index is 12.4. The number of aryl methyl sites for hydroxylation is 1. The summed E-state index contributed by atoms with van der Waals surface area (Å²) in [7, 11) is 0. The Labute approximate surface area is 159 Å². The highest BCUT2D eigenvalue weighted by atomic mass is 32.1. The minimum absolute atomic E-state index is 0.0777. The van der Waals surface area contributed by atoms with Gasteiger partial charge in [0.2, 0.25) is 11.8 Å². The number of anilines is 1. The van der Waals surface area contributed by atoms with E-state index in [4.69, 9.17) is 4.74 Å². The Morgan fingerprint density at radius 2 is 1.73 bits per heavy atom. The standard InChI is InChI=1S/C18H29N3O4S/c1-6-13-12(5)26-17(16(13)18(24)25-9-4)20-15(23)11-21(8-3)10-14(22)19-7-2/h6-11H2,1-5H3,(H,19,22)(H,20,23). The van der Waals surface area contributed by atoms with Crippen molar-refractivity contribution >= 4 is 34.1 Å². The van der Waals surface area contributed by atoms with Crippen molar-refractivity contribution in [2.24, 2.45) is 0 Å². The molecule has 0 saturated carbocycles. The molecule has 0 aliphatic rings. The van der Waals surface area contributed by atoms with Crippen LogP contribution in [0.4, 0.5) is 5.00 Å². The number of nitrogens with one attached hydrogen (secondary N) is 2. The molecule has 0 bridgehead atoms. The molecule has 2 N–H and O–H groups in total. The first-order valence-corrected chi connectivity index (χ1v) is 9.77. The Morgan fingerprint density at radius 3 is 2.27 bits per heavy atom. The van der Waals surface area contributed by atoms with Crippen LogP contribution in [-0.2, 0) is 20.7 Å². The van der Waals surface area contributed by atoms with E-state index >= 15 is 0 Å². The molecule has 1 rings (SSSR count). The van der Waals surface area contributed by atoms with Gasteiger partial charge in [0.05, 0.1) is 25.3 Å². The van der Waals surface area contributed by atoms with Gasteiger partial charge in [-0.25, -0.2) is 4.79 Å². The van der Waals surface area contributed by atoms with Gasteiger partial charge in [-0.3, -0.25) is 14.5 Å². The Bertz CT molecular complexity index is 643. The molecular weight excluding hydrogens is 354 g/mol. The fraction of sp³-hybridized carbons (Fsp3) is 0.611. The van der Waals surface area contributed by atoms with E-state index < -0.39 is 5.97 Å². The lowest BCUT2D eigenvalue weighted by Gasteiger charge is -2.19. The van der Waals surface area contributed by atoms with Crippen LogP contribution >= 0.6 is 11.3 Å². The van der Waals surface area contributed by atoms with Gasteiger partial charge in [-0.05, 0) is 39.3 Å². The summed E-state index contributed by atoms with van der Waals surface area (Å²) in [4.78, 5) is 39.2. The maximum absolute atomic E-state index is 12.4. The Balaban J connectivity index is 2.88. The molecule has 1 aromatic rings. The van der Waals surface area contributed by atoms with E-state index in [9.17, 15) is 14.4 Å². The minimum Gasteiger partial charge on any atom is -0.462 e.